The minimum atomic E-state index is -4.26. The minimum absolute atomic E-state index is 0.0375. The van der Waals surface area contributed by atoms with Gasteiger partial charge in [0.1, 0.15) is 10.8 Å². The van der Waals surface area contributed by atoms with E-state index in [0.29, 0.717) is 24.3 Å². The number of Topliss-reactive ketones (excluding diaryl/α,β-unsaturated/α-hetero) is 1. The number of carbonyl (C=O) groups excluding carboxylic acids is 1. The number of carbonyl (C=O) groups is 1. The molecule has 19 heavy (non-hydrogen) atoms. The van der Waals surface area contributed by atoms with Crippen LogP contribution in [0.2, 0.25) is 0 Å². The van der Waals surface area contributed by atoms with Crippen LogP contribution in [0.4, 0.5) is 13.2 Å². The Bertz CT molecular complexity index is 455. The zero-order valence-electron chi connectivity index (χ0n) is 10.7. The van der Waals surface area contributed by atoms with Gasteiger partial charge in [0, 0.05) is 17.0 Å². The summed E-state index contributed by atoms with van der Waals surface area (Å²) in [6, 6.07) is 0. The van der Waals surface area contributed by atoms with E-state index < -0.39 is 18.0 Å². The van der Waals surface area contributed by atoms with Gasteiger partial charge >= 0.3 is 6.18 Å². The van der Waals surface area contributed by atoms with Crippen LogP contribution >= 0.6 is 11.3 Å². The molecule has 0 N–H and O–H groups in total. The molecular weight excluding hydrogens is 275 g/mol. The second kappa shape index (κ2) is 5.61. The lowest BCUT2D eigenvalue weighted by molar-refractivity contribution is -0.197. The molecule has 106 valence electrons. The van der Waals surface area contributed by atoms with E-state index >= 15 is 0 Å². The average molecular weight is 291 g/mol. The highest BCUT2D eigenvalue weighted by Gasteiger charge is 2.47. The normalized spacial score (nSPS) is 24.4. The summed E-state index contributed by atoms with van der Waals surface area (Å²) in [4.78, 5) is 16.2. The molecule has 2 unspecified atom stereocenters. The Morgan fingerprint density at radius 3 is 2.68 bits per heavy atom. The first-order valence-corrected chi connectivity index (χ1v) is 7.26. The van der Waals surface area contributed by atoms with Crippen molar-refractivity contribution in [2.24, 2.45) is 11.8 Å². The summed E-state index contributed by atoms with van der Waals surface area (Å²) in [5.41, 5.74) is 0.809. The Hall–Kier alpha value is -0.910. The molecule has 0 amide bonds. The third-order valence-corrected chi connectivity index (χ3v) is 4.56. The summed E-state index contributed by atoms with van der Waals surface area (Å²) in [5, 5.41) is 2.43. The molecule has 1 heterocycles. The van der Waals surface area contributed by atoms with Gasteiger partial charge in [-0.15, -0.1) is 11.3 Å². The van der Waals surface area contributed by atoms with E-state index in [1.807, 2.05) is 12.3 Å². The molecular formula is C13H16F3NOS. The van der Waals surface area contributed by atoms with Crippen molar-refractivity contribution < 1.29 is 18.0 Å². The van der Waals surface area contributed by atoms with Crippen LogP contribution in [0.15, 0.2) is 5.38 Å². The maximum absolute atomic E-state index is 12.9. The third kappa shape index (κ3) is 3.55. The highest BCUT2D eigenvalue weighted by Crippen LogP contribution is 2.42. The Morgan fingerprint density at radius 1 is 1.42 bits per heavy atom. The fourth-order valence-corrected chi connectivity index (χ4v) is 3.45. The van der Waals surface area contributed by atoms with E-state index in [1.165, 1.54) is 11.3 Å². The Labute approximate surface area is 114 Å². The molecule has 0 bridgehead atoms. The van der Waals surface area contributed by atoms with Gasteiger partial charge in [-0.25, -0.2) is 4.98 Å². The quantitative estimate of drug-likeness (QED) is 0.844. The molecule has 6 heteroatoms. The fraction of sp³-hybridized carbons (Fsp3) is 0.692. The molecule has 2 atom stereocenters. The van der Waals surface area contributed by atoms with E-state index in [4.69, 9.17) is 0 Å². The summed E-state index contributed by atoms with van der Waals surface area (Å²) in [5.74, 6) is -2.65. The second-order valence-corrected chi connectivity index (χ2v) is 6.01. The molecule has 2 rings (SSSR count). The first-order chi connectivity index (χ1) is 8.88. The summed E-state index contributed by atoms with van der Waals surface area (Å²) in [7, 11) is 0. The van der Waals surface area contributed by atoms with Gasteiger partial charge in [0.25, 0.3) is 0 Å². The van der Waals surface area contributed by atoms with Crippen molar-refractivity contribution in [2.45, 2.75) is 45.2 Å². The average Bonchev–Trinajstić information content (AvgIpc) is 2.73. The van der Waals surface area contributed by atoms with E-state index in [9.17, 15) is 18.0 Å². The number of halogens is 3. The maximum atomic E-state index is 12.9. The minimum Gasteiger partial charge on any atom is -0.299 e. The molecule has 1 aromatic rings. The summed E-state index contributed by atoms with van der Waals surface area (Å²) < 4.78 is 38.8. The molecule has 0 saturated heterocycles. The van der Waals surface area contributed by atoms with E-state index in [0.717, 1.165) is 5.69 Å². The lowest BCUT2D eigenvalue weighted by Gasteiger charge is -2.31. The van der Waals surface area contributed by atoms with Crippen molar-refractivity contribution in [1.82, 2.24) is 4.98 Å². The van der Waals surface area contributed by atoms with E-state index in [2.05, 4.69) is 4.98 Å². The first kappa shape index (κ1) is 14.5. The molecule has 1 aliphatic carbocycles. The van der Waals surface area contributed by atoms with E-state index in [-0.39, 0.29) is 18.6 Å². The highest BCUT2D eigenvalue weighted by molar-refractivity contribution is 7.09. The summed E-state index contributed by atoms with van der Waals surface area (Å²) >= 11 is 1.34. The van der Waals surface area contributed by atoms with Crippen LogP contribution in [0.25, 0.3) is 0 Å². The van der Waals surface area contributed by atoms with Crippen LogP contribution in [0.5, 0.6) is 0 Å². The largest absolute Gasteiger partial charge is 0.392 e. The second-order valence-electron chi connectivity index (χ2n) is 5.06. The van der Waals surface area contributed by atoms with Gasteiger partial charge in [0.15, 0.2) is 0 Å². The Kier molecular flexibility index (Phi) is 4.28. The van der Waals surface area contributed by atoms with Crippen LogP contribution < -0.4 is 0 Å². The first-order valence-electron chi connectivity index (χ1n) is 6.38. The Balaban J connectivity index is 2.07. The number of aryl methyl sites for hydroxylation is 1. The molecule has 0 aromatic carbocycles. The number of alkyl halides is 3. The molecule has 1 aromatic heterocycles. The predicted molar refractivity (Wildman–Crippen MR) is 67.1 cm³/mol. The topological polar surface area (TPSA) is 30.0 Å². The molecule has 1 fully saturated rings. The molecule has 0 spiro atoms. The molecule has 1 aliphatic rings. The summed E-state index contributed by atoms with van der Waals surface area (Å²) in [6.07, 6.45) is -2.52. The van der Waals surface area contributed by atoms with Crippen molar-refractivity contribution in [3.63, 3.8) is 0 Å². The Morgan fingerprint density at radius 2 is 2.11 bits per heavy atom. The van der Waals surface area contributed by atoms with Gasteiger partial charge in [0.2, 0.25) is 0 Å². The van der Waals surface area contributed by atoms with Gasteiger partial charge in [-0.3, -0.25) is 4.79 Å². The standard InChI is InChI=1S/C13H16F3NOS/c1-8-7-19-12(17-8)6-11(18)9-4-2-3-5-10(9)13(14,15)16/h7,9-10H,2-6H2,1H3. The zero-order chi connectivity index (χ0) is 14.0. The van der Waals surface area contributed by atoms with Crippen LogP contribution in [0.1, 0.15) is 36.4 Å². The monoisotopic (exact) mass is 291 g/mol. The van der Waals surface area contributed by atoms with Gasteiger partial charge in [-0.2, -0.15) is 13.2 Å². The van der Waals surface area contributed by atoms with Crippen molar-refractivity contribution in [2.75, 3.05) is 0 Å². The number of rotatable bonds is 3. The van der Waals surface area contributed by atoms with Gasteiger partial charge < -0.3 is 0 Å². The molecule has 0 aliphatic heterocycles. The van der Waals surface area contributed by atoms with Crippen LogP contribution in [0, 0.1) is 18.8 Å². The number of nitrogens with zero attached hydrogens (tertiary/aromatic N) is 1. The molecule has 2 nitrogen and oxygen atoms in total. The fourth-order valence-electron chi connectivity index (χ4n) is 2.67. The molecule has 1 saturated carbocycles. The number of hydrogen-bond donors (Lipinski definition) is 0. The van der Waals surface area contributed by atoms with Gasteiger partial charge in [0.05, 0.1) is 12.3 Å². The highest BCUT2D eigenvalue weighted by atomic mass is 32.1. The van der Waals surface area contributed by atoms with Crippen molar-refractivity contribution in [3.05, 3.63) is 16.1 Å². The van der Waals surface area contributed by atoms with Crippen molar-refractivity contribution in [3.8, 4) is 0 Å². The maximum Gasteiger partial charge on any atom is 0.392 e. The summed E-state index contributed by atoms with van der Waals surface area (Å²) in [6.45, 7) is 1.81. The number of ketones is 1. The number of thiazole rings is 1. The van der Waals surface area contributed by atoms with Crippen molar-refractivity contribution in [1.29, 1.82) is 0 Å². The van der Waals surface area contributed by atoms with Gasteiger partial charge in [-0.1, -0.05) is 12.8 Å². The predicted octanol–water partition coefficient (Wildman–Crippen LogP) is 3.93. The lowest BCUT2D eigenvalue weighted by atomic mass is 9.76. The van der Waals surface area contributed by atoms with Gasteiger partial charge in [-0.05, 0) is 19.8 Å². The van der Waals surface area contributed by atoms with Crippen LogP contribution in [-0.4, -0.2) is 16.9 Å². The van der Waals surface area contributed by atoms with E-state index in [1.54, 1.807) is 0 Å². The van der Waals surface area contributed by atoms with Crippen LogP contribution in [-0.2, 0) is 11.2 Å². The molecule has 0 radical (unpaired) electrons. The number of hydrogen-bond acceptors (Lipinski definition) is 3. The van der Waals surface area contributed by atoms with Crippen molar-refractivity contribution >= 4 is 17.1 Å². The lowest BCUT2D eigenvalue weighted by Crippen LogP contribution is -2.37. The SMILES string of the molecule is Cc1csc(CC(=O)C2CCCCC2C(F)(F)F)n1. The smallest absolute Gasteiger partial charge is 0.299 e. The number of aromatic nitrogens is 1. The third-order valence-electron chi connectivity index (χ3n) is 3.59. The van der Waals surface area contributed by atoms with Crippen LogP contribution in [0.3, 0.4) is 0 Å². The zero-order valence-corrected chi connectivity index (χ0v) is 11.5.